The maximum absolute atomic E-state index is 14.1. The highest BCUT2D eigenvalue weighted by atomic mass is 19.4. The average molecular weight is 403 g/mol. The smallest absolute Gasteiger partial charge is 0.475 e. The van der Waals surface area contributed by atoms with Crippen molar-refractivity contribution in [2.45, 2.75) is 32.0 Å². The van der Waals surface area contributed by atoms with E-state index in [2.05, 4.69) is 10.4 Å². The summed E-state index contributed by atoms with van der Waals surface area (Å²) < 4.78 is 61.2. The van der Waals surface area contributed by atoms with Gasteiger partial charge in [-0.25, -0.2) is 13.6 Å². The number of nitrogens with zero attached hydrogens (tertiary/aromatic N) is 2. The molecule has 1 aliphatic heterocycles. The van der Waals surface area contributed by atoms with E-state index in [1.165, 1.54) is 12.1 Å². The van der Waals surface area contributed by atoms with Gasteiger partial charge in [0.15, 0.2) is 0 Å². The number of carboxylic acids is 1. The highest BCUT2D eigenvalue weighted by Gasteiger charge is 2.50. The third-order valence-corrected chi connectivity index (χ3v) is 5.09. The first kappa shape index (κ1) is 20.2. The molecule has 152 valence electrons. The zero-order valence-electron chi connectivity index (χ0n) is 14.9. The van der Waals surface area contributed by atoms with Gasteiger partial charge in [-0.05, 0) is 48.9 Å². The van der Waals surface area contributed by atoms with Crippen LogP contribution in [-0.4, -0.2) is 40.1 Å². The molecule has 0 radical (unpaired) electrons. The summed E-state index contributed by atoms with van der Waals surface area (Å²) >= 11 is 0. The molecule has 1 saturated heterocycles. The van der Waals surface area contributed by atoms with Gasteiger partial charge in [0.1, 0.15) is 11.6 Å². The number of aromatic nitrogens is 2. The minimum absolute atomic E-state index is 0.290. The van der Waals surface area contributed by atoms with E-state index in [1.807, 2.05) is 11.6 Å². The molecule has 2 fully saturated rings. The van der Waals surface area contributed by atoms with Crippen molar-refractivity contribution in [1.82, 2.24) is 15.1 Å². The van der Waals surface area contributed by atoms with Gasteiger partial charge in [-0.1, -0.05) is 0 Å². The number of aliphatic carboxylic acids is 1. The summed E-state index contributed by atoms with van der Waals surface area (Å²) in [6.07, 6.45) is -1.22. The molecule has 1 aliphatic carbocycles. The Labute approximate surface area is 157 Å². The molecule has 1 aromatic carbocycles. The van der Waals surface area contributed by atoms with E-state index in [0.29, 0.717) is 22.7 Å². The lowest BCUT2D eigenvalue weighted by atomic mass is 9.61. The molecule has 28 heavy (non-hydrogen) atoms. The number of carbonyl (C=O) groups is 1. The lowest BCUT2D eigenvalue weighted by Crippen LogP contribution is -2.60. The van der Waals surface area contributed by atoms with E-state index in [4.69, 9.17) is 9.90 Å². The van der Waals surface area contributed by atoms with Crippen molar-refractivity contribution in [2.24, 2.45) is 5.41 Å². The Kier molecular flexibility index (Phi) is 5.18. The van der Waals surface area contributed by atoms with Gasteiger partial charge in [-0.2, -0.15) is 18.3 Å². The fraction of sp³-hybridized carbons (Fsp3) is 0.444. The summed E-state index contributed by atoms with van der Waals surface area (Å²) in [5.41, 5.74) is 2.31. The summed E-state index contributed by atoms with van der Waals surface area (Å²) in [5, 5.41) is 14.8. The number of halogens is 5. The van der Waals surface area contributed by atoms with Crippen LogP contribution < -0.4 is 5.32 Å². The number of nitrogens with one attached hydrogen (secondary N) is 1. The van der Waals surface area contributed by atoms with Crippen LogP contribution in [0.1, 0.15) is 24.4 Å². The van der Waals surface area contributed by atoms with Crippen LogP contribution in [0.4, 0.5) is 22.0 Å². The predicted octanol–water partition coefficient (Wildman–Crippen LogP) is 3.69. The first-order valence-electron chi connectivity index (χ1n) is 8.53. The molecule has 2 aliphatic rings. The van der Waals surface area contributed by atoms with Gasteiger partial charge in [0.2, 0.25) is 0 Å². The minimum Gasteiger partial charge on any atom is -0.475 e. The number of benzene rings is 1. The lowest BCUT2D eigenvalue weighted by molar-refractivity contribution is -0.192. The van der Waals surface area contributed by atoms with E-state index in [0.717, 1.165) is 37.6 Å². The second kappa shape index (κ2) is 7.16. The molecule has 1 saturated carbocycles. The Balaban J connectivity index is 0.000000279. The molecule has 0 amide bonds. The fourth-order valence-electron chi connectivity index (χ4n) is 3.62. The van der Waals surface area contributed by atoms with E-state index in [9.17, 15) is 22.0 Å². The maximum atomic E-state index is 14.1. The molecule has 5 nitrogen and oxygen atoms in total. The number of aryl methyl sites for hydroxylation is 1. The summed E-state index contributed by atoms with van der Waals surface area (Å²) in [5.74, 6) is -3.58. The summed E-state index contributed by atoms with van der Waals surface area (Å²) in [6, 6.07) is 3.88. The van der Waals surface area contributed by atoms with Crippen LogP contribution in [0.25, 0.3) is 11.3 Å². The lowest BCUT2D eigenvalue weighted by Gasteiger charge is -2.54. The monoisotopic (exact) mass is 403 g/mol. The third-order valence-electron chi connectivity index (χ3n) is 5.09. The van der Waals surface area contributed by atoms with Crippen molar-refractivity contribution in [3.63, 3.8) is 0 Å². The Morgan fingerprint density at radius 2 is 1.89 bits per heavy atom. The van der Waals surface area contributed by atoms with Crippen LogP contribution in [-0.2, 0) is 4.79 Å². The van der Waals surface area contributed by atoms with Gasteiger partial charge >= 0.3 is 12.1 Å². The molecule has 2 heterocycles. The molecule has 0 atom stereocenters. The average Bonchev–Trinajstić information content (AvgIpc) is 2.88. The number of alkyl halides is 3. The zero-order chi connectivity index (χ0) is 20.7. The van der Waals surface area contributed by atoms with Gasteiger partial charge in [-0.15, -0.1) is 0 Å². The number of carboxylic acid groups (broad SMARTS) is 1. The number of rotatable bonds is 2. The SMILES string of the molecule is Cc1cnn(C2CC3(CNC3)C2)c1-c1cc(F)ccc1F.O=C(O)C(F)(F)F. The number of hydrogen-bond donors (Lipinski definition) is 2. The first-order chi connectivity index (χ1) is 13.0. The van der Waals surface area contributed by atoms with Crippen LogP contribution in [0.5, 0.6) is 0 Å². The molecule has 0 unspecified atom stereocenters. The van der Waals surface area contributed by atoms with Crippen LogP contribution in [0, 0.1) is 24.0 Å². The molecular weight excluding hydrogens is 385 g/mol. The highest BCUT2D eigenvalue weighted by Crippen LogP contribution is 2.51. The summed E-state index contributed by atoms with van der Waals surface area (Å²) in [6.45, 7) is 4.02. The van der Waals surface area contributed by atoms with Crippen LogP contribution >= 0.6 is 0 Å². The predicted molar refractivity (Wildman–Crippen MR) is 89.6 cm³/mol. The van der Waals surface area contributed by atoms with E-state index < -0.39 is 23.8 Å². The molecule has 0 bridgehead atoms. The summed E-state index contributed by atoms with van der Waals surface area (Å²) in [7, 11) is 0. The second-order valence-electron chi connectivity index (χ2n) is 7.21. The van der Waals surface area contributed by atoms with E-state index >= 15 is 0 Å². The first-order valence-corrected chi connectivity index (χ1v) is 8.53. The molecule has 10 heteroatoms. The highest BCUT2D eigenvalue weighted by molar-refractivity contribution is 5.73. The van der Waals surface area contributed by atoms with Crippen molar-refractivity contribution in [2.75, 3.05) is 13.1 Å². The van der Waals surface area contributed by atoms with Crippen LogP contribution in [0.3, 0.4) is 0 Å². The fourth-order valence-corrected chi connectivity index (χ4v) is 3.62. The van der Waals surface area contributed by atoms with Crippen molar-refractivity contribution in [3.05, 3.63) is 41.6 Å². The third kappa shape index (κ3) is 3.87. The molecule has 1 aromatic heterocycles. The van der Waals surface area contributed by atoms with Gasteiger partial charge < -0.3 is 10.4 Å². The van der Waals surface area contributed by atoms with E-state index in [-0.39, 0.29) is 0 Å². The normalized spacial score (nSPS) is 18.1. The molecular formula is C18H18F5N3O2. The largest absolute Gasteiger partial charge is 0.490 e. The molecule has 1 spiro atoms. The van der Waals surface area contributed by atoms with Crippen molar-refractivity contribution in [3.8, 4) is 11.3 Å². The topological polar surface area (TPSA) is 67.2 Å². The minimum atomic E-state index is -5.08. The summed E-state index contributed by atoms with van der Waals surface area (Å²) in [4.78, 5) is 8.90. The number of hydrogen-bond acceptors (Lipinski definition) is 3. The van der Waals surface area contributed by atoms with Crippen LogP contribution in [0.15, 0.2) is 24.4 Å². The van der Waals surface area contributed by atoms with Gasteiger partial charge in [0.05, 0.1) is 17.9 Å². The Bertz CT molecular complexity index is 882. The molecule has 2 aromatic rings. The Hall–Kier alpha value is -2.49. The zero-order valence-corrected chi connectivity index (χ0v) is 14.9. The van der Waals surface area contributed by atoms with Gasteiger partial charge in [-0.3, -0.25) is 4.68 Å². The maximum Gasteiger partial charge on any atom is 0.490 e. The Morgan fingerprint density at radius 3 is 2.39 bits per heavy atom. The van der Waals surface area contributed by atoms with Crippen molar-refractivity contribution < 1.29 is 31.9 Å². The molecule has 4 rings (SSSR count). The second-order valence-corrected chi connectivity index (χ2v) is 7.21. The van der Waals surface area contributed by atoms with Gasteiger partial charge in [0, 0.05) is 18.7 Å². The Morgan fingerprint density at radius 1 is 1.29 bits per heavy atom. The van der Waals surface area contributed by atoms with Gasteiger partial charge in [0.25, 0.3) is 0 Å². The standard InChI is InChI=1S/C16H17F2N3.C2HF3O2/c1-10-7-20-21(12-5-16(6-12)8-19-9-16)15(10)13-4-11(17)2-3-14(13)18;3-2(4,5)1(6)7/h2-4,7,12,19H,5-6,8-9H2,1H3;(H,6,7). The van der Waals surface area contributed by atoms with Crippen LogP contribution in [0.2, 0.25) is 0 Å². The van der Waals surface area contributed by atoms with E-state index in [1.54, 1.807) is 6.20 Å². The van der Waals surface area contributed by atoms with Crippen molar-refractivity contribution in [1.29, 1.82) is 0 Å². The molecule has 2 N–H and O–H groups in total. The van der Waals surface area contributed by atoms with Crippen molar-refractivity contribution >= 4 is 5.97 Å². The quantitative estimate of drug-likeness (QED) is 0.751.